The molecule has 0 aliphatic heterocycles. The predicted octanol–water partition coefficient (Wildman–Crippen LogP) is 8.57. The summed E-state index contributed by atoms with van der Waals surface area (Å²) < 4.78 is 1.30. The number of rotatable bonds is 3. The van der Waals surface area contributed by atoms with Crippen LogP contribution in [0.3, 0.4) is 0 Å². The Labute approximate surface area is 206 Å². The van der Waals surface area contributed by atoms with Crippen LogP contribution < -0.4 is 0 Å². The van der Waals surface area contributed by atoms with Crippen molar-refractivity contribution < 1.29 is 0 Å². The number of benzene rings is 4. The average molecular weight is 473 g/mol. The summed E-state index contributed by atoms with van der Waals surface area (Å²) in [5.74, 6) is 2.36. The van der Waals surface area contributed by atoms with Gasteiger partial charge in [-0.2, -0.15) is 0 Å². The molecule has 7 rings (SSSR count). The molecular formula is C30H24N4S. The van der Waals surface area contributed by atoms with Crippen molar-refractivity contribution in [3.63, 3.8) is 0 Å². The molecule has 0 bridgehead atoms. The molecule has 0 saturated carbocycles. The van der Waals surface area contributed by atoms with Gasteiger partial charge in [0.05, 0.1) is 22.9 Å². The topological polar surface area (TPSA) is 57.4 Å². The monoisotopic (exact) mass is 472 g/mol. The van der Waals surface area contributed by atoms with Gasteiger partial charge in [-0.3, -0.25) is 0 Å². The summed E-state index contributed by atoms with van der Waals surface area (Å²) in [5, 5.41) is 8.35. The molecule has 4 nitrogen and oxygen atoms in total. The molecule has 0 spiro atoms. The van der Waals surface area contributed by atoms with Crippen molar-refractivity contribution in [2.24, 2.45) is 0 Å². The van der Waals surface area contributed by atoms with Crippen molar-refractivity contribution in [3.8, 4) is 22.4 Å². The molecule has 7 aromatic rings. The van der Waals surface area contributed by atoms with Crippen LogP contribution in [0.1, 0.15) is 31.4 Å². The number of hydrogen-bond donors (Lipinski definition) is 2. The number of aromatic nitrogens is 4. The van der Waals surface area contributed by atoms with E-state index >= 15 is 0 Å². The number of nitrogens with zero attached hydrogens (tertiary/aromatic N) is 2. The highest BCUT2D eigenvalue weighted by atomic mass is 32.1. The van der Waals surface area contributed by atoms with E-state index in [1.54, 1.807) is 11.3 Å². The van der Waals surface area contributed by atoms with E-state index in [-0.39, 0.29) is 0 Å². The normalized spacial score (nSPS) is 12.1. The van der Waals surface area contributed by atoms with Crippen LogP contribution >= 0.6 is 11.3 Å². The van der Waals surface area contributed by atoms with E-state index in [2.05, 4.69) is 94.8 Å². The minimum absolute atomic E-state index is 0.387. The molecule has 4 aromatic carbocycles. The Hall–Kier alpha value is -3.96. The maximum Gasteiger partial charge on any atom is 0.109 e. The molecule has 3 heterocycles. The summed E-state index contributed by atoms with van der Waals surface area (Å²) in [6.45, 7) is 6.33. The third-order valence-electron chi connectivity index (χ3n) is 6.90. The van der Waals surface area contributed by atoms with Crippen LogP contribution in [0.2, 0.25) is 0 Å². The number of aryl methyl sites for hydroxylation is 1. The quantitative estimate of drug-likeness (QED) is 0.270. The van der Waals surface area contributed by atoms with Gasteiger partial charge in [-0.05, 0) is 58.5 Å². The highest BCUT2D eigenvalue weighted by molar-refractivity contribution is 7.18. The molecule has 5 heteroatoms. The number of fused-ring (bicyclic) bond motifs is 7. The summed E-state index contributed by atoms with van der Waals surface area (Å²) in [6, 6.07) is 22.3. The molecule has 35 heavy (non-hydrogen) atoms. The van der Waals surface area contributed by atoms with Crippen molar-refractivity contribution in [3.05, 3.63) is 83.9 Å². The van der Waals surface area contributed by atoms with Crippen LogP contribution in [0.25, 0.3) is 65.0 Å². The lowest BCUT2D eigenvalue weighted by Gasteiger charge is -2.09. The first-order chi connectivity index (χ1) is 17.0. The molecule has 170 valence electrons. The van der Waals surface area contributed by atoms with Gasteiger partial charge in [0, 0.05) is 32.3 Å². The second-order valence-electron chi connectivity index (χ2n) is 9.58. The Bertz CT molecular complexity index is 1900. The second-order valence-corrected chi connectivity index (χ2v) is 10.5. The molecule has 2 N–H and O–H groups in total. The van der Waals surface area contributed by atoms with Gasteiger partial charge in [0.15, 0.2) is 0 Å². The lowest BCUT2D eigenvalue weighted by molar-refractivity contribution is 0.795. The van der Waals surface area contributed by atoms with E-state index in [1.807, 2.05) is 13.1 Å². The molecule has 0 radical (unpaired) electrons. The fourth-order valence-corrected chi connectivity index (χ4v) is 6.01. The molecule has 0 unspecified atom stereocenters. The van der Waals surface area contributed by atoms with Gasteiger partial charge in [-0.1, -0.05) is 50.2 Å². The van der Waals surface area contributed by atoms with E-state index in [0.29, 0.717) is 5.92 Å². The lowest BCUT2D eigenvalue weighted by Crippen LogP contribution is -1.89. The molecule has 0 aliphatic rings. The van der Waals surface area contributed by atoms with Crippen molar-refractivity contribution in [2.75, 3.05) is 0 Å². The van der Waals surface area contributed by atoms with Crippen LogP contribution in [-0.4, -0.2) is 19.9 Å². The van der Waals surface area contributed by atoms with E-state index < -0.39 is 0 Å². The van der Waals surface area contributed by atoms with Gasteiger partial charge in [0.2, 0.25) is 0 Å². The van der Waals surface area contributed by atoms with Crippen molar-refractivity contribution >= 4 is 54.0 Å². The first kappa shape index (κ1) is 20.4. The largest absolute Gasteiger partial charge is 0.342 e. The number of aromatic amines is 2. The van der Waals surface area contributed by atoms with Crippen LogP contribution in [0.5, 0.6) is 0 Å². The molecular weight excluding hydrogens is 448 g/mol. The van der Waals surface area contributed by atoms with Crippen LogP contribution in [0.4, 0.5) is 0 Å². The Morgan fingerprint density at radius 1 is 0.771 bits per heavy atom. The summed E-state index contributed by atoms with van der Waals surface area (Å²) in [5.41, 5.74) is 6.87. The fourth-order valence-electron chi connectivity index (χ4n) is 5.09. The minimum Gasteiger partial charge on any atom is -0.342 e. The zero-order valence-corrected chi connectivity index (χ0v) is 20.6. The molecule has 0 amide bonds. The maximum absolute atomic E-state index is 4.76. The smallest absolute Gasteiger partial charge is 0.109 e. The summed E-state index contributed by atoms with van der Waals surface area (Å²) >= 11 is 1.79. The Balaban J connectivity index is 1.34. The van der Waals surface area contributed by atoms with Crippen LogP contribution in [-0.2, 0) is 0 Å². The third-order valence-corrected chi connectivity index (χ3v) is 7.85. The number of hydrogen-bond acceptors (Lipinski definition) is 3. The number of imidazole rings is 2. The van der Waals surface area contributed by atoms with Crippen molar-refractivity contribution in [2.45, 2.75) is 26.7 Å². The number of H-pyrrole nitrogens is 2. The van der Waals surface area contributed by atoms with Crippen LogP contribution in [0.15, 0.2) is 72.2 Å². The van der Waals surface area contributed by atoms with Gasteiger partial charge in [0.25, 0.3) is 0 Å². The second kappa shape index (κ2) is 7.52. The standard InChI is InChI=1S/C30H24N4S/c1-16(2)30-31-15-26(34-30)22-7-6-18-12-19(4-5-20(18)13-22)21-8-9-23-25(14-21)29-24(10-11-35-29)28-27(23)32-17(3)33-28/h4-16H,1-3H3,(H,31,34)(H,32,33). The van der Waals surface area contributed by atoms with E-state index in [0.717, 1.165) is 33.9 Å². The minimum atomic E-state index is 0.387. The van der Waals surface area contributed by atoms with E-state index in [9.17, 15) is 0 Å². The molecule has 0 fully saturated rings. The highest BCUT2D eigenvalue weighted by Gasteiger charge is 2.14. The zero-order valence-electron chi connectivity index (χ0n) is 19.8. The lowest BCUT2D eigenvalue weighted by atomic mass is 9.96. The highest BCUT2D eigenvalue weighted by Crippen LogP contribution is 2.39. The van der Waals surface area contributed by atoms with Gasteiger partial charge in [-0.25, -0.2) is 9.97 Å². The summed E-state index contributed by atoms with van der Waals surface area (Å²) in [6.07, 6.45) is 1.93. The van der Waals surface area contributed by atoms with Gasteiger partial charge < -0.3 is 9.97 Å². The maximum atomic E-state index is 4.76. The molecule has 3 aromatic heterocycles. The molecule has 0 saturated heterocycles. The van der Waals surface area contributed by atoms with Crippen molar-refractivity contribution in [1.82, 2.24) is 19.9 Å². The SMILES string of the molecule is Cc1nc2c3ccsc3c3cc(-c4ccc5cc(-c6cnc(C(C)C)[nH]6)ccc5c4)ccc3c2[nH]1. The van der Waals surface area contributed by atoms with Crippen molar-refractivity contribution in [1.29, 1.82) is 0 Å². The Kier molecular flexibility index (Phi) is 4.39. The van der Waals surface area contributed by atoms with Gasteiger partial charge >= 0.3 is 0 Å². The first-order valence-electron chi connectivity index (χ1n) is 11.9. The number of nitrogens with one attached hydrogen (secondary N) is 2. The average Bonchev–Trinajstić information content (AvgIpc) is 3.62. The fraction of sp³-hybridized carbons (Fsp3) is 0.133. The van der Waals surface area contributed by atoms with E-state index in [1.165, 1.54) is 42.8 Å². The summed E-state index contributed by atoms with van der Waals surface area (Å²) in [4.78, 5) is 16.2. The first-order valence-corrected chi connectivity index (χ1v) is 12.8. The zero-order chi connectivity index (χ0) is 23.7. The third kappa shape index (κ3) is 3.19. The van der Waals surface area contributed by atoms with E-state index in [4.69, 9.17) is 4.98 Å². The van der Waals surface area contributed by atoms with Gasteiger partial charge in [-0.15, -0.1) is 11.3 Å². The summed E-state index contributed by atoms with van der Waals surface area (Å²) in [7, 11) is 0. The molecule has 0 aliphatic carbocycles. The Morgan fingerprint density at radius 2 is 1.51 bits per heavy atom. The number of thiophene rings is 1. The Morgan fingerprint density at radius 3 is 2.31 bits per heavy atom. The predicted molar refractivity (Wildman–Crippen MR) is 148 cm³/mol. The molecule has 0 atom stereocenters. The van der Waals surface area contributed by atoms with Crippen LogP contribution in [0, 0.1) is 6.92 Å². The van der Waals surface area contributed by atoms with Gasteiger partial charge in [0.1, 0.15) is 11.6 Å².